The number of rotatable bonds is 3. The Morgan fingerprint density at radius 1 is 1.41 bits per heavy atom. The van der Waals surface area contributed by atoms with Crippen molar-refractivity contribution in [1.82, 2.24) is 9.97 Å². The quantitative estimate of drug-likeness (QED) is 0.789. The number of aromatic nitrogens is 2. The van der Waals surface area contributed by atoms with E-state index in [9.17, 15) is 17.6 Å². The zero-order chi connectivity index (χ0) is 16.5. The highest BCUT2D eigenvalue weighted by atomic mass is 79.9. The highest BCUT2D eigenvalue weighted by Crippen LogP contribution is 2.21. The Labute approximate surface area is 138 Å². The summed E-state index contributed by atoms with van der Waals surface area (Å²) in [5, 5.41) is 1.58. The second kappa shape index (κ2) is 6.27. The Morgan fingerprint density at radius 2 is 2.09 bits per heavy atom. The van der Waals surface area contributed by atoms with Crippen LogP contribution in [0.2, 0.25) is 5.02 Å². The number of hydrogen-bond acceptors (Lipinski definition) is 5. The predicted molar refractivity (Wildman–Crippen MR) is 82.2 cm³/mol. The third-order valence-corrected chi connectivity index (χ3v) is 4.08. The van der Waals surface area contributed by atoms with Crippen LogP contribution in [0.5, 0.6) is 0 Å². The summed E-state index contributed by atoms with van der Waals surface area (Å²) in [6.07, 6.45) is 1.89. The Bertz CT molecular complexity index is 861. The molecule has 1 N–H and O–H groups in total. The van der Waals surface area contributed by atoms with Crippen LogP contribution in [0.1, 0.15) is 10.5 Å². The van der Waals surface area contributed by atoms with Gasteiger partial charge < -0.3 is 5.32 Å². The maximum Gasteiger partial charge on any atom is 0.276 e. The molecule has 2 aromatic rings. The molecule has 0 unspecified atom stereocenters. The van der Waals surface area contributed by atoms with Crippen LogP contribution in [-0.2, 0) is 9.84 Å². The van der Waals surface area contributed by atoms with E-state index in [0.29, 0.717) is 4.47 Å². The second-order valence-corrected chi connectivity index (χ2v) is 7.43. The van der Waals surface area contributed by atoms with Gasteiger partial charge in [-0.05, 0) is 18.2 Å². The van der Waals surface area contributed by atoms with Gasteiger partial charge in [0.15, 0.2) is 5.69 Å². The standard InChI is InChI=1S/C12H8BrClFN3O3S/c1-22(20,21)12-16-5-7(14)10(18-12)11(19)17-9-3-2-6(13)4-8(9)15/h2-5H,1H3,(H,17,19). The summed E-state index contributed by atoms with van der Waals surface area (Å²) in [6, 6.07) is 4.03. The number of anilines is 1. The van der Waals surface area contributed by atoms with Crippen LogP contribution in [0.4, 0.5) is 10.1 Å². The Hall–Kier alpha value is -1.58. The first-order valence-corrected chi connectivity index (χ1v) is 8.73. The number of hydrogen-bond donors (Lipinski definition) is 1. The summed E-state index contributed by atoms with van der Waals surface area (Å²) in [6.45, 7) is 0. The Balaban J connectivity index is 2.37. The van der Waals surface area contributed by atoms with Gasteiger partial charge in [-0.25, -0.2) is 22.8 Å². The highest BCUT2D eigenvalue weighted by Gasteiger charge is 2.19. The minimum atomic E-state index is -3.70. The normalized spacial score (nSPS) is 11.3. The summed E-state index contributed by atoms with van der Waals surface area (Å²) in [7, 11) is -3.70. The van der Waals surface area contributed by atoms with Crippen LogP contribution in [0.15, 0.2) is 34.0 Å². The lowest BCUT2D eigenvalue weighted by molar-refractivity contribution is 0.102. The molecule has 0 aliphatic rings. The molecule has 0 spiro atoms. The molecule has 0 fully saturated rings. The SMILES string of the molecule is CS(=O)(=O)c1ncc(Cl)c(C(=O)Nc2ccc(Br)cc2F)n1. The number of carbonyl (C=O) groups is 1. The molecule has 6 nitrogen and oxygen atoms in total. The number of halogens is 3. The maximum atomic E-state index is 13.7. The van der Waals surface area contributed by atoms with Gasteiger partial charge in [-0.2, -0.15) is 0 Å². The van der Waals surface area contributed by atoms with E-state index in [4.69, 9.17) is 11.6 Å². The van der Waals surface area contributed by atoms with E-state index in [1.165, 1.54) is 18.2 Å². The summed E-state index contributed by atoms with van der Waals surface area (Å²) < 4.78 is 37.0. The van der Waals surface area contributed by atoms with E-state index in [0.717, 1.165) is 12.5 Å². The molecule has 116 valence electrons. The lowest BCUT2D eigenvalue weighted by Gasteiger charge is -2.08. The first-order chi connectivity index (χ1) is 10.2. The molecule has 1 heterocycles. The van der Waals surface area contributed by atoms with Gasteiger partial charge in [0, 0.05) is 10.7 Å². The average Bonchev–Trinajstić information content (AvgIpc) is 2.41. The molecular formula is C12H8BrClFN3O3S. The molecule has 0 bridgehead atoms. The summed E-state index contributed by atoms with van der Waals surface area (Å²) >= 11 is 8.88. The van der Waals surface area contributed by atoms with E-state index in [1.54, 1.807) is 0 Å². The van der Waals surface area contributed by atoms with Crippen molar-refractivity contribution >= 4 is 49.0 Å². The smallest absolute Gasteiger partial charge is 0.276 e. The lowest BCUT2D eigenvalue weighted by atomic mass is 10.3. The van der Waals surface area contributed by atoms with Crippen molar-refractivity contribution in [3.05, 3.63) is 45.4 Å². The summed E-state index contributed by atoms with van der Waals surface area (Å²) in [4.78, 5) is 19.2. The van der Waals surface area contributed by atoms with Crippen LogP contribution < -0.4 is 5.32 Å². The maximum absolute atomic E-state index is 13.7. The fourth-order valence-corrected chi connectivity index (χ4v) is 2.47. The first-order valence-electron chi connectivity index (χ1n) is 5.67. The Kier molecular flexibility index (Phi) is 4.78. The third-order valence-electron chi connectivity index (χ3n) is 2.45. The zero-order valence-corrected chi connectivity index (χ0v) is 14.1. The monoisotopic (exact) mass is 407 g/mol. The van der Waals surface area contributed by atoms with Crippen molar-refractivity contribution in [3.8, 4) is 0 Å². The fraction of sp³-hybridized carbons (Fsp3) is 0.0833. The molecule has 1 aromatic carbocycles. The van der Waals surface area contributed by atoms with Crippen molar-refractivity contribution in [2.45, 2.75) is 5.16 Å². The molecule has 10 heteroatoms. The molecule has 0 saturated heterocycles. The van der Waals surface area contributed by atoms with Gasteiger partial charge in [0.25, 0.3) is 5.91 Å². The minimum absolute atomic E-state index is 0.0937. The summed E-state index contributed by atoms with van der Waals surface area (Å²) in [5.41, 5.74) is -0.455. The van der Waals surface area contributed by atoms with E-state index >= 15 is 0 Å². The molecule has 1 aromatic heterocycles. The Morgan fingerprint density at radius 3 is 2.68 bits per heavy atom. The number of carbonyl (C=O) groups excluding carboxylic acids is 1. The lowest BCUT2D eigenvalue weighted by Crippen LogP contribution is -2.17. The molecule has 0 radical (unpaired) electrons. The number of benzene rings is 1. The zero-order valence-electron chi connectivity index (χ0n) is 11.0. The number of nitrogens with zero attached hydrogens (tertiary/aromatic N) is 2. The topological polar surface area (TPSA) is 89.0 Å². The number of amides is 1. The molecule has 0 aliphatic carbocycles. The molecule has 0 saturated carbocycles. The van der Waals surface area contributed by atoms with E-state index in [1.807, 2.05) is 0 Å². The molecule has 1 amide bonds. The number of sulfone groups is 1. The predicted octanol–water partition coefficient (Wildman–Crippen LogP) is 2.69. The van der Waals surface area contributed by atoms with Crippen molar-refractivity contribution in [1.29, 1.82) is 0 Å². The van der Waals surface area contributed by atoms with E-state index < -0.39 is 26.7 Å². The van der Waals surface area contributed by atoms with Gasteiger partial charge in [0.2, 0.25) is 15.0 Å². The van der Waals surface area contributed by atoms with Gasteiger partial charge in [-0.3, -0.25) is 4.79 Å². The van der Waals surface area contributed by atoms with Crippen molar-refractivity contribution < 1.29 is 17.6 Å². The van der Waals surface area contributed by atoms with Gasteiger partial charge in [0.05, 0.1) is 16.9 Å². The molecular weight excluding hydrogens is 401 g/mol. The largest absolute Gasteiger partial charge is 0.318 e. The molecule has 2 rings (SSSR count). The van der Waals surface area contributed by atoms with Crippen LogP contribution in [0.25, 0.3) is 0 Å². The van der Waals surface area contributed by atoms with Crippen molar-refractivity contribution in [3.63, 3.8) is 0 Å². The fourth-order valence-electron chi connectivity index (χ4n) is 1.46. The third kappa shape index (κ3) is 3.79. The van der Waals surface area contributed by atoms with E-state index in [-0.39, 0.29) is 16.4 Å². The van der Waals surface area contributed by atoms with Crippen LogP contribution in [0, 0.1) is 5.82 Å². The van der Waals surface area contributed by atoms with Crippen LogP contribution in [-0.4, -0.2) is 30.5 Å². The number of nitrogens with one attached hydrogen (secondary N) is 1. The van der Waals surface area contributed by atoms with E-state index in [2.05, 4.69) is 31.2 Å². The molecule has 0 atom stereocenters. The minimum Gasteiger partial charge on any atom is -0.318 e. The van der Waals surface area contributed by atoms with Crippen LogP contribution >= 0.6 is 27.5 Å². The second-order valence-electron chi connectivity index (χ2n) is 4.20. The molecule has 22 heavy (non-hydrogen) atoms. The van der Waals surface area contributed by atoms with Crippen LogP contribution in [0.3, 0.4) is 0 Å². The average molecular weight is 409 g/mol. The molecule has 0 aliphatic heterocycles. The van der Waals surface area contributed by atoms with Gasteiger partial charge >= 0.3 is 0 Å². The van der Waals surface area contributed by atoms with Crippen molar-refractivity contribution in [2.24, 2.45) is 0 Å². The first kappa shape index (κ1) is 16.8. The van der Waals surface area contributed by atoms with Crippen molar-refractivity contribution in [2.75, 3.05) is 11.6 Å². The van der Waals surface area contributed by atoms with Gasteiger partial charge in [-0.15, -0.1) is 0 Å². The van der Waals surface area contributed by atoms with Gasteiger partial charge in [0.1, 0.15) is 5.82 Å². The summed E-state index contributed by atoms with van der Waals surface area (Å²) in [5.74, 6) is -1.52. The van der Waals surface area contributed by atoms with Gasteiger partial charge in [-0.1, -0.05) is 27.5 Å². The highest BCUT2D eigenvalue weighted by molar-refractivity contribution is 9.10.